The van der Waals surface area contributed by atoms with Crippen LogP contribution in [0.25, 0.3) is 10.6 Å². The molecule has 0 saturated carbocycles. The van der Waals surface area contributed by atoms with Gasteiger partial charge < -0.3 is 0 Å². The molecule has 0 amide bonds. The van der Waals surface area contributed by atoms with Crippen molar-refractivity contribution in [2.24, 2.45) is 0 Å². The van der Waals surface area contributed by atoms with Crippen LogP contribution in [0.2, 0.25) is 0 Å². The first-order valence-electron chi connectivity index (χ1n) is 7.51. The molecule has 0 bridgehead atoms. The number of thiazole rings is 1. The van der Waals surface area contributed by atoms with Gasteiger partial charge in [0.2, 0.25) is 0 Å². The summed E-state index contributed by atoms with van der Waals surface area (Å²) in [7, 11) is 0. The van der Waals surface area contributed by atoms with Gasteiger partial charge in [-0.15, -0.1) is 11.3 Å². The minimum absolute atomic E-state index is 0.634. The first-order valence-corrected chi connectivity index (χ1v) is 8.32. The van der Waals surface area contributed by atoms with Crippen LogP contribution in [0.1, 0.15) is 16.4 Å². The van der Waals surface area contributed by atoms with Crippen molar-refractivity contribution in [3.05, 3.63) is 71.5 Å². The molecule has 3 nitrogen and oxygen atoms in total. The molecule has 1 aliphatic heterocycles. The van der Waals surface area contributed by atoms with E-state index in [-0.39, 0.29) is 0 Å². The highest BCUT2D eigenvalue weighted by Crippen LogP contribution is 2.30. The highest BCUT2D eigenvalue weighted by Gasteiger charge is 2.28. The summed E-state index contributed by atoms with van der Waals surface area (Å²) >= 11 is 1.80. The molecule has 1 saturated heterocycles. The van der Waals surface area contributed by atoms with Gasteiger partial charge >= 0.3 is 0 Å². The molecule has 0 N–H and O–H groups in total. The number of aromatic nitrogens is 2. The van der Waals surface area contributed by atoms with E-state index in [2.05, 4.69) is 45.2 Å². The maximum atomic E-state index is 4.56. The predicted molar refractivity (Wildman–Crippen MR) is 89.8 cm³/mol. The highest BCUT2D eigenvalue weighted by atomic mass is 32.1. The van der Waals surface area contributed by atoms with Crippen LogP contribution in [0.5, 0.6) is 0 Å². The van der Waals surface area contributed by atoms with E-state index in [1.807, 2.05) is 30.7 Å². The van der Waals surface area contributed by atoms with Crippen molar-refractivity contribution in [2.75, 3.05) is 13.1 Å². The van der Waals surface area contributed by atoms with Crippen LogP contribution < -0.4 is 0 Å². The SMILES string of the molecule is c1ccc(-c2ncc(CN3CC(c4cccnc4)C3)s2)cc1. The van der Waals surface area contributed by atoms with Crippen molar-refractivity contribution < 1.29 is 0 Å². The fraction of sp³-hybridized carbons (Fsp3) is 0.222. The Balaban J connectivity index is 1.37. The Morgan fingerprint density at radius 2 is 1.91 bits per heavy atom. The third-order valence-corrected chi connectivity index (χ3v) is 5.10. The van der Waals surface area contributed by atoms with E-state index in [1.165, 1.54) is 16.0 Å². The van der Waals surface area contributed by atoms with Gasteiger partial charge in [0.15, 0.2) is 0 Å². The Morgan fingerprint density at radius 3 is 2.68 bits per heavy atom. The molecule has 0 unspecified atom stereocenters. The van der Waals surface area contributed by atoms with Crippen LogP contribution in [-0.4, -0.2) is 28.0 Å². The monoisotopic (exact) mass is 307 g/mol. The number of rotatable bonds is 4. The molecular weight excluding hydrogens is 290 g/mol. The van der Waals surface area contributed by atoms with E-state index in [1.54, 1.807) is 11.3 Å². The zero-order chi connectivity index (χ0) is 14.8. The Bertz CT molecular complexity index is 733. The fourth-order valence-corrected chi connectivity index (χ4v) is 3.80. The number of pyridine rings is 1. The van der Waals surface area contributed by atoms with E-state index < -0.39 is 0 Å². The van der Waals surface area contributed by atoms with Crippen molar-refractivity contribution in [3.63, 3.8) is 0 Å². The Morgan fingerprint density at radius 1 is 1.05 bits per heavy atom. The molecule has 110 valence electrons. The maximum absolute atomic E-state index is 4.56. The molecule has 4 heteroatoms. The van der Waals surface area contributed by atoms with E-state index >= 15 is 0 Å². The van der Waals surface area contributed by atoms with Crippen LogP contribution in [0.4, 0.5) is 0 Å². The first-order chi connectivity index (χ1) is 10.9. The highest BCUT2D eigenvalue weighted by molar-refractivity contribution is 7.15. The van der Waals surface area contributed by atoms with E-state index in [4.69, 9.17) is 0 Å². The van der Waals surface area contributed by atoms with Crippen LogP contribution in [0, 0.1) is 0 Å². The quantitative estimate of drug-likeness (QED) is 0.734. The molecule has 2 aromatic heterocycles. The zero-order valence-electron chi connectivity index (χ0n) is 12.2. The molecule has 3 heterocycles. The third kappa shape index (κ3) is 2.80. The third-order valence-electron chi connectivity index (χ3n) is 4.07. The molecule has 3 aromatic rings. The predicted octanol–water partition coefficient (Wildman–Crippen LogP) is 3.80. The topological polar surface area (TPSA) is 29.0 Å². The number of nitrogens with zero attached hydrogens (tertiary/aromatic N) is 3. The van der Waals surface area contributed by atoms with Gasteiger partial charge in [-0.25, -0.2) is 4.98 Å². The van der Waals surface area contributed by atoms with Gasteiger partial charge in [0.25, 0.3) is 0 Å². The van der Waals surface area contributed by atoms with Gasteiger partial charge in [-0.1, -0.05) is 36.4 Å². The zero-order valence-corrected chi connectivity index (χ0v) is 13.0. The second-order valence-corrected chi connectivity index (χ2v) is 6.79. The molecule has 4 rings (SSSR count). The number of likely N-dealkylation sites (tertiary alicyclic amines) is 1. The van der Waals surface area contributed by atoms with Crippen molar-refractivity contribution >= 4 is 11.3 Å². The Labute approximate surface area is 134 Å². The van der Waals surface area contributed by atoms with Crippen molar-refractivity contribution in [1.29, 1.82) is 0 Å². The van der Waals surface area contributed by atoms with Gasteiger partial charge in [-0.2, -0.15) is 0 Å². The molecule has 1 fully saturated rings. The second kappa shape index (κ2) is 5.99. The standard InChI is InChI=1S/C18H17N3S/c1-2-5-14(6-3-1)18-20-10-17(22-18)13-21-11-16(12-21)15-7-4-8-19-9-15/h1-10,16H,11-13H2. The molecule has 0 radical (unpaired) electrons. The lowest BCUT2D eigenvalue weighted by Gasteiger charge is -2.39. The molecule has 1 aromatic carbocycles. The summed E-state index contributed by atoms with van der Waals surface area (Å²) in [6.45, 7) is 3.23. The van der Waals surface area contributed by atoms with Gasteiger partial charge in [-0.3, -0.25) is 9.88 Å². The molecule has 1 aliphatic rings. The number of hydrogen-bond acceptors (Lipinski definition) is 4. The molecule has 0 aliphatic carbocycles. The van der Waals surface area contributed by atoms with Gasteiger partial charge in [-0.05, 0) is 11.6 Å². The summed E-state index contributed by atoms with van der Waals surface area (Å²) in [6, 6.07) is 14.6. The summed E-state index contributed by atoms with van der Waals surface area (Å²) in [5.41, 5.74) is 2.56. The Hall–Kier alpha value is -2.04. The van der Waals surface area contributed by atoms with Crippen LogP contribution in [-0.2, 0) is 6.54 Å². The average Bonchev–Trinajstić information content (AvgIpc) is 3.01. The molecule has 0 spiro atoms. The van der Waals surface area contributed by atoms with E-state index in [9.17, 15) is 0 Å². The number of hydrogen-bond donors (Lipinski definition) is 0. The summed E-state index contributed by atoms with van der Waals surface area (Å²) in [4.78, 5) is 12.6. The summed E-state index contributed by atoms with van der Waals surface area (Å²) < 4.78 is 0. The maximum Gasteiger partial charge on any atom is 0.123 e. The summed E-state index contributed by atoms with van der Waals surface area (Å²) in [6.07, 6.45) is 5.84. The van der Waals surface area contributed by atoms with Crippen molar-refractivity contribution in [3.8, 4) is 10.6 Å². The fourth-order valence-electron chi connectivity index (χ4n) is 2.84. The smallest absolute Gasteiger partial charge is 0.123 e. The van der Waals surface area contributed by atoms with Gasteiger partial charge in [0.1, 0.15) is 5.01 Å². The lowest BCUT2D eigenvalue weighted by molar-refractivity contribution is 0.141. The average molecular weight is 307 g/mol. The normalized spacial score (nSPS) is 15.6. The molecule has 22 heavy (non-hydrogen) atoms. The largest absolute Gasteiger partial charge is 0.297 e. The minimum Gasteiger partial charge on any atom is -0.297 e. The van der Waals surface area contributed by atoms with E-state index in [0.717, 1.165) is 24.6 Å². The van der Waals surface area contributed by atoms with Crippen LogP contribution in [0.15, 0.2) is 61.1 Å². The first kappa shape index (κ1) is 13.6. The van der Waals surface area contributed by atoms with Crippen molar-refractivity contribution in [2.45, 2.75) is 12.5 Å². The Kier molecular flexibility index (Phi) is 3.70. The second-order valence-electron chi connectivity index (χ2n) is 5.68. The minimum atomic E-state index is 0.634. The summed E-state index contributed by atoms with van der Waals surface area (Å²) in [5.74, 6) is 0.634. The van der Waals surface area contributed by atoms with Crippen LogP contribution in [0.3, 0.4) is 0 Å². The number of benzene rings is 1. The molecular formula is C18H17N3S. The van der Waals surface area contributed by atoms with Gasteiger partial charge in [0, 0.05) is 54.6 Å². The summed E-state index contributed by atoms with van der Waals surface area (Å²) in [5, 5.41) is 1.11. The lowest BCUT2D eigenvalue weighted by Crippen LogP contribution is -2.44. The van der Waals surface area contributed by atoms with Crippen LogP contribution >= 0.6 is 11.3 Å². The molecule has 0 atom stereocenters. The van der Waals surface area contributed by atoms with Gasteiger partial charge in [0.05, 0.1) is 0 Å². The van der Waals surface area contributed by atoms with E-state index in [0.29, 0.717) is 5.92 Å². The lowest BCUT2D eigenvalue weighted by atomic mass is 9.93. The van der Waals surface area contributed by atoms with Crippen molar-refractivity contribution in [1.82, 2.24) is 14.9 Å².